The Kier molecular flexibility index (Phi) is 3.89. The molecular weight excluding hydrogens is 276 g/mol. The Morgan fingerprint density at radius 2 is 2.20 bits per heavy atom. The van der Waals surface area contributed by atoms with E-state index in [1.807, 2.05) is 16.7 Å². The van der Waals surface area contributed by atoms with Gasteiger partial charge in [0, 0.05) is 18.4 Å². The van der Waals surface area contributed by atoms with E-state index in [0.29, 0.717) is 11.4 Å². The standard InChI is InChI=1S/C14H17ClN4O/c15-10-1-2-13-17-12(9-19(13)8-10)7-14(20)18-11-3-5-16-6-4-11/h1-2,8-9,11,16H,3-7H2,(H,18,20). The molecule has 0 aromatic carbocycles. The molecule has 1 amide bonds. The number of halogens is 1. The zero-order valence-corrected chi connectivity index (χ0v) is 11.9. The SMILES string of the molecule is O=C(Cc1cn2cc(Cl)ccc2n1)NC1CCNCC1. The largest absolute Gasteiger partial charge is 0.353 e. The van der Waals surface area contributed by atoms with Crippen LogP contribution in [0.1, 0.15) is 18.5 Å². The van der Waals surface area contributed by atoms with E-state index in [0.717, 1.165) is 37.3 Å². The first kappa shape index (κ1) is 13.4. The topological polar surface area (TPSA) is 58.4 Å². The summed E-state index contributed by atoms with van der Waals surface area (Å²) in [6, 6.07) is 3.93. The van der Waals surface area contributed by atoms with Gasteiger partial charge in [-0.15, -0.1) is 0 Å². The molecule has 0 saturated carbocycles. The molecule has 3 rings (SSSR count). The van der Waals surface area contributed by atoms with Crippen molar-refractivity contribution in [3.8, 4) is 0 Å². The summed E-state index contributed by atoms with van der Waals surface area (Å²) in [6.45, 7) is 1.94. The number of hydrogen-bond donors (Lipinski definition) is 2. The molecular formula is C14H17ClN4O. The second-order valence-corrected chi connectivity index (χ2v) is 5.55. The number of amides is 1. The van der Waals surface area contributed by atoms with Crippen LogP contribution in [0.15, 0.2) is 24.5 Å². The fraction of sp³-hybridized carbons (Fsp3) is 0.429. The molecule has 0 atom stereocenters. The number of fused-ring (bicyclic) bond motifs is 1. The Morgan fingerprint density at radius 1 is 1.40 bits per heavy atom. The number of imidazole rings is 1. The van der Waals surface area contributed by atoms with Crippen molar-refractivity contribution < 1.29 is 4.79 Å². The fourth-order valence-electron chi connectivity index (χ4n) is 2.51. The lowest BCUT2D eigenvalue weighted by molar-refractivity contribution is -0.121. The van der Waals surface area contributed by atoms with Crippen molar-refractivity contribution in [3.63, 3.8) is 0 Å². The first-order chi connectivity index (χ1) is 9.70. The summed E-state index contributed by atoms with van der Waals surface area (Å²) in [5.41, 5.74) is 1.57. The molecule has 1 aliphatic heterocycles. The van der Waals surface area contributed by atoms with E-state index >= 15 is 0 Å². The van der Waals surface area contributed by atoms with E-state index in [4.69, 9.17) is 11.6 Å². The lowest BCUT2D eigenvalue weighted by Crippen LogP contribution is -2.43. The lowest BCUT2D eigenvalue weighted by atomic mass is 10.1. The fourth-order valence-corrected chi connectivity index (χ4v) is 2.68. The van der Waals surface area contributed by atoms with E-state index in [1.165, 1.54) is 0 Å². The maximum absolute atomic E-state index is 12.0. The monoisotopic (exact) mass is 292 g/mol. The summed E-state index contributed by atoms with van der Waals surface area (Å²) in [6.07, 6.45) is 5.93. The summed E-state index contributed by atoms with van der Waals surface area (Å²) >= 11 is 5.93. The Labute approximate surface area is 122 Å². The smallest absolute Gasteiger partial charge is 0.226 e. The predicted molar refractivity (Wildman–Crippen MR) is 77.9 cm³/mol. The summed E-state index contributed by atoms with van der Waals surface area (Å²) in [4.78, 5) is 16.4. The highest BCUT2D eigenvalue weighted by molar-refractivity contribution is 6.30. The maximum Gasteiger partial charge on any atom is 0.226 e. The minimum absolute atomic E-state index is 0.0337. The van der Waals surface area contributed by atoms with Gasteiger partial charge >= 0.3 is 0 Å². The van der Waals surface area contributed by atoms with Crippen molar-refractivity contribution in [3.05, 3.63) is 35.2 Å². The number of aromatic nitrogens is 2. The number of rotatable bonds is 3. The van der Waals surface area contributed by atoms with Gasteiger partial charge in [0.15, 0.2) is 0 Å². The highest BCUT2D eigenvalue weighted by atomic mass is 35.5. The highest BCUT2D eigenvalue weighted by Gasteiger charge is 2.16. The third-order valence-electron chi connectivity index (χ3n) is 3.51. The number of pyridine rings is 1. The summed E-state index contributed by atoms with van der Waals surface area (Å²) < 4.78 is 1.84. The molecule has 2 N–H and O–H groups in total. The molecule has 0 spiro atoms. The van der Waals surface area contributed by atoms with Gasteiger partial charge in [0.05, 0.1) is 17.1 Å². The van der Waals surface area contributed by atoms with Crippen LogP contribution in [0.5, 0.6) is 0 Å². The average molecular weight is 293 g/mol. The molecule has 0 unspecified atom stereocenters. The van der Waals surface area contributed by atoms with Crippen LogP contribution in [-0.2, 0) is 11.2 Å². The van der Waals surface area contributed by atoms with Gasteiger partial charge in [-0.2, -0.15) is 0 Å². The zero-order chi connectivity index (χ0) is 13.9. The predicted octanol–water partition coefficient (Wildman–Crippen LogP) is 1.40. The van der Waals surface area contributed by atoms with Crippen molar-refractivity contribution in [1.29, 1.82) is 0 Å². The quantitative estimate of drug-likeness (QED) is 0.899. The number of hydrogen-bond acceptors (Lipinski definition) is 3. The molecule has 20 heavy (non-hydrogen) atoms. The van der Waals surface area contributed by atoms with Gasteiger partial charge in [0.2, 0.25) is 5.91 Å². The molecule has 3 heterocycles. The third kappa shape index (κ3) is 3.11. The van der Waals surface area contributed by atoms with E-state index in [9.17, 15) is 4.79 Å². The number of nitrogens with one attached hydrogen (secondary N) is 2. The maximum atomic E-state index is 12.0. The first-order valence-electron chi connectivity index (χ1n) is 6.84. The Hall–Kier alpha value is -1.59. The van der Waals surface area contributed by atoms with Gasteiger partial charge in [0.1, 0.15) is 5.65 Å². The van der Waals surface area contributed by atoms with Crippen LogP contribution < -0.4 is 10.6 Å². The third-order valence-corrected chi connectivity index (χ3v) is 3.73. The van der Waals surface area contributed by atoms with Gasteiger partial charge in [-0.3, -0.25) is 4.79 Å². The van der Waals surface area contributed by atoms with E-state index < -0.39 is 0 Å². The highest BCUT2D eigenvalue weighted by Crippen LogP contribution is 2.12. The second-order valence-electron chi connectivity index (χ2n) is 5.11. The Morgan fingerprint density at radius 3 is 3.00 bits per heavy atom. The second kappa shape index (κ2) is 5.81. The van der Waals surface area contributed by atoms with Gasteiger partial charge in [-0.1, -0.05) is 11.6 Å². The molecule has 0 aliphatic carbocycles. The van der Waals surface area contributed by atoms with Crippen molar-refractivity contribution in [2.45, 2.75) is 25.3 Å². The van der Waals surface area contributed by atoms with Crippen LogP contribution in [0.2, 0.25) is 5.02 Å². The number of nitrogens with zero attached hydrogens (tertiary/aromatic N) is 2. The molecule has 0 radical (unpaired) electrons. The van der Waals surface area contributed by atoms with E-state index in [2.05, 4.69) is 15.6 Å². The van der Waals surface area contributed by atoms with E-state index in [-0.39, 0.29) is 11.9 Å². The van der Waals surface area contributed by atoms with Crippen LogP contribution in [0.25, 0.3) is 5.65 Å². The zero-order valence-electron chi connectivity index (χ0n) is 11.1. The van der Waals surface area contributed by atoms with Crippen LogP contribution in [0, 0.1) is 0 Å². The summed E-state index contributed by atoms with van der Waals surface area (Å²) in [5.74, 6) is 0.0337. The molecule has 6 heteroatoms. The number of piperidine rings is 1. The van der Waals surface area contributed by atoms with Crippen LogP contribution in [-0.4, -0.2) is 34.4 Å². The molecule has 1 fully saturated rings. The van der Waals surface area contributed by atoms with Crippen LogP contribution >= 0.6 is 11.6 Å². The molecule has 2 aromatic rings. The molecule has 5 nitrogen and oxygen atoms in total. The number of carbonyl (C=O) groups excluding carboxylic acids is 1. The molecule has 2 aromatic heterocycles. The molecule has 106 valence electrons. The number of carbonyl (C=O) groups is 1. The van der Waals surface area contributed by atoms with Crippen molar-refractivity contribution in [1.82, 2.24) is 20.0 Å². The van der Waals surface area contributed by atoms with Crippen molar-refractivity contribution in [2.75, 3.05) is 13.1 Å². The summed E-state index contributed by atoms with van der Waals surface area (Å²) in [5, 5.41) is 7.00. The van der Waals surface area contributed by atoms with Gasteiger partial charge in [0.25, 0.3) is 0 Å². The lowest BCUT2D eigenvalue weighted by Gasteiger charge is -2.23. The molecule has 0 bridgehead atoms. The Balaban J connectivity index is 1.64. The molecule has 1 aliphatic rings. The Bertz CT molecular complexity index is 619. The van der Waals surface area contributed by atoms with Crippen LogP contribution in [0.4, 0.5) is 0 Å². The normalized spacial score (nSPS) is 16.4. The van der Waals surface area contributed by atoms with Crippen molar-refractivity contribution >= 4 is 23.2 Å². The van der Waals surface area contributed by atoms with E-state index in [1.54, 1.807) is 12.3 Å². The minimum Gasteiger partial charge on any atom is -0.353 e. The first-order valence-corrected chi connectivity index (χ1v) is 7.22. The average Bonchev–Trinajstić information content (AvgIpc) is 2.80. The van der Waals surface area contributed by atoms with Gasteiger partial charge in [-0.25, -0.2) is 4.98 Å². The minimum atomic E-state index is 0.0337. The van der Waals surface area contributed by atoms with Crippen molar-refractivity contribution in [2.24, 2.45) is 0 Å². The van der Waals surface area contributed by atoms with Gasteiger partial charge < -0.3 is 15.0 Å². The van der Waals surface area contributed by atoms with Gasteiger partial charge in [-0.05, 0) is 38.1 Å². The summed E-state index contributed by atoms with van der Waals surface area (Å²) in [7, 11) is 0. The molecule has 1 saturated heterocycles. The van der Waals surface area contributed by atoms with Crippen LogP contribution in [0.3, 0.4) is 0 Å².